The number of fused-ring (bicyclic) bond motifs is 1. The summed E-state index contributed by atoms with van der Waals surface area (Å²) in [5.74, 6) is 0. The van der Waals surface area contributed by atoms with Crippen LogP contribution >= 0.6 is 11.8 Å². The van der Waals surface area contributed by atoms with E-state index in [-0.39, 0.29) is 0 Å². The molecule has 2 aromatic heterocycles. The van der Waals surface area contributed by atoms with Crippen LogP contribution in [-0.2, 0) is 0 Å². The van der Waals surface area contributed by atoms with Crippen LogP contribution in [0.1, 0.15) is 5.56 Å². The molecule has 0 aliphatic carbocycles. The Bertz CT molecular complexity index is 707. The number of aryl methyl sites for hydroxylation is 1. The van der Waals surface area contributed by atoms with Crippen LogP contribution in [0.15, 0.2) is 40.8 Å². The summed E-state index contributed by atoms with van der Waals surface area (Å²) in [5, 5.41) is 0.827. The third-order valence-electron chi connectivity index (χ3n) is 2.56. The van der Waals surface area contributed by atoms with Crippen LogP contribution in [0.5, 0.6) is 0 Å². The fourth-order valence-corrected chi connectivity index (χ4v) is 2.56. The molecular formula is C12H11N5S. The Kier molecular flexibility index (Phi) is 2.64. The van der Waals surface area contributed by atoms with Crippen molar-refractivity contribution in [1.82, 2.24) is 19.9 Å². The zero-order chi connectivity index (χ0) is 12.5. The summed E-state index contributed by atoms with van der Waals surface area (Å²) in [7, 11) is 0. The Labute approximate surface area is 108 Å². The lowest BCUT2D eigenvalue weighted by molar-refractivity contribution is 1.08. The normalized spacial score (nSPS) is 10.9. The second-order valence-electron chi connectivity index (χ2n) is 3.92. The van der Waals surface area contributed by atoms with Gasteiger partial charge >= 0.3 is 0 Å². The summed E-state index contributed by atoms with van der Waals surface area (Å²) in [6, 6.07) is 5.98. The molecular weight excluding hydrogens is 246 g/mol. The molecule has 0 aliphatic heterocycles. The molecule has 0 amide bonds. The number of hydrogen-bond donors (Lipinski definition) is 2. The molecule has 0 fully saturated rings. The van der Waals surface area contributed by atoms with Crippen molar-refractivity contribution >= 4 is 28.6 Å². The van der Waals surface area contributed by atoms with E-state index in [9.17, 15) is 0 Å². The van der Waals surface area contributed by atoms with E-state index in [2.05, 4.69) is 19.9 Å². The predicted molar refractivity (Wildman–Crippen MR) is 71.4 cm³/mol. The van der Waals surface area contributed by atoms with Crippen LogP contribution in [0.3, 0.4) is 0 Å². The number of rotatable bonds is 2. The lowest BCUT2D eigenvalue weighted by Gasteiger charge is -2.05. The van der Waals surface area contributed by atoms with Gasteiger partial charge in [0.2, 0.25) is 0 Å². The summed E-state index contributed by atoms with van der Waals surface area (Å²) in [5.41, 5.74) is 9.40. The highest BCUT2D eigenvalue weighted by atomic mass is 32.2. The highest BCUT2D eigenvalue weighted by molar-refractivity contribution is 7.99. The Morgan fingerprint density at radius 1 is 1.22 bits per heavy atom. The van der Waals surface area contributed by atoms with Gasteiger partial charge in [-0.25, -0.2) is 15.0 Å². The van der Waals surface area contributed by atoms with Gasteiger partial charge in [-0.05, 0) is 24.6 Å². The summed E-state index contributed by atoms with van der Waals surface area (Å²) < 4.78 is 0. The Morgan fingerprint density at radius 2 is 2.11 bits per heavy atom. The van der Waals surface area contributed by atoms with Crippen molar-refractivity contribution in [3.05, 3.63) is 36.4 Å². The van der Waals surface area contributed by atoms with Gasteiger partial charge in [0.05, 0.1) is 6.33 Å². The molecule has 3 N–H and O–H groups in total. The number of aromatic amines is 1. The number of nitrogens with zero attached hydrogens (tertiary/aromatic N) is 3. The van der Waals surface area contributed by atoms with E-state index in [0.717, 1.165) is 26.7 Å². The van der Waals surface area contributed by atoms with Crippen molar-refractivity contribution in [3.63, 3.8) is 0 Å². The number of nitrogens with one attached hydrogen (secondary N) is 1. The fourth-order valence-electron chi connectivity index (χ4n) is 1.69. The van der Waals surface area contributed by atoms with Crippen LogP contribution in [-0.4, -0.2) is 19.9 Å². The molecule has 18 heavy (non-hydrogen) atoms. The average Bonchev–Trinajstić information content (AvgIpc) is 2.82. The van der Waals surface area contributed by atoms with E-state index >= 15 is 0 Å². The number of anilines is 1. The first kappa shape index (κ1) is 11.0. The van der Waals surface area contributed by atoms with Crippen molar-refractivity contribution in [2.45, 2.75) is 16.8 Å². The van der Waals surface area contributed by atoms with Gasteiger partial charge in [-0.3, -0.25) is 0 Å². The number of H-pyrrole nitrogens is 1. The van der Waals surface area contributed by atoms with Gasteiger partial charge in [0.15, 0.2) is 5.65 Å². The van der Waals surface area contributed by atoms with Gasteiger partial charge in [0, 0.05) is 10.6 Å². The zero-order valence-corrected chi connectivity index (χ0v) is 10.5. The number of nitrogen functional groups attached to an aromatic ring is 1. The highest BCUT2D eigenvalue weighted by Gasteiger charge is 2.09. The summed E-state index contributed by atoms with van der Waals surface area (Å²) >= 11 is 1.51. The number of hydrogen-bond acceptors (Lipinski definition) is 5. The van der Waals surface area contributed by atoms with Gasteiger partial charge in [-0.15, -0.1) is 0 Å². The Hall–Kier alpha value is -2.08. The van der Waals surface area contributed by atoms with E-state index in [1.165, 1.54) is 18.1 Å². The standard InChI is InChI=1S/C12H11N5S/c1-7-2-3-9(8(13)4-7)18-12-10-11(15-5-14-10)16-6-17-12/h2-6H,13H2,1H3,(H,14,15,16,17). The minimum absolute atomic E-state index is 0.665. The Morgan fingerprint density at radius 3 is 2.94 bits per heavy atom. The topological polar surface area (TPSA) is 80.5 Å². The van der Waals surface area contributed by atoms with Crippen LogP contribution < -0.4 is 5.73 Å². The quantitative estimate of drug-likeness (QED) is 0.544. The molecule has 0 saturated heterocycles. The number of imidazole rings is 1. The minimum atomic E-state index is 0.665. The second kappa shape index (κ2) is 4.30. The van der Waals surface area contributed by atoms with E-state index in [4.69, 9.17) is 5.73 Å². The first-order valence-corrected chi connectivity index (χ1v) is 6.24. The molecule has 0 atom stereocenters. The maximum absolute atomic E-state index is 6.00. The fraction of sp³-hybridized carbons (Fsp3) is 0.0833. The Balaban J connectivity index is 2.03. The van der Waals surface area contributed by atoms with E-state index in [0.29, 0.717) is 5.65 Å². The highest BCUT2D eigenvalue weighted by Crippen LogP contribution is 2.33. The van der Waals surface area contributed by atoms with Gasteiger partial charge in [-0.1, -0.05) is 17.8 Å². The van der Waals surface area contributed by atoms with Crippen LogP contribution in [0.4, 0.5) is 5.69 Å². The molecule has 3 aromatic rings. The molecule has 0 bridgehead atoms. The summed E-state index contributed by atoms with van der Waals surface area (Å²) in [4.78, 5) is 16.5. The maximum atomic E-state index is 6.00. The second-order valence-corrected chi connectivity index (χ2v) is 4.95. The largest absolute Gasteiger partial charge is 0.398 e. The average molecular weight is 257 g/mol. The molecule has 6 heteroatoms. The van der Waals surface area contributed by atoms with E-state index in [1.54, 1.807) is 6.33 Å². The van der Waals surface area contributed by atoms with E-state index < -0.39 is 0 Å². The molecule has 5 nitrogen and oxygen atoms in total. The van der Waals surface area contributed by atoms with Crippen molar-refractivity contribution in [2.75, 3.05) is 5.73 Å². The molecule has 0 radical (unpaired) electrons. The number of nitrogens with two attached hydrogens (primary N) is 1. The monoisotopic (exact) mass is 257 g/mol. The zero-order valence-electron chi connectivity index (χ0n) is 9.71. The lowest BCUT2D eigenvalue weighted by Crippen LogP contribution is -1.91. The van der Waals surface area contributed by atoms with Crippen molar-refractivity contribution in [1.29, 1.82) is 0 Å². The molecule has 2 heterocycles. The molecule has 3 rings (SSSR count). The van der Waals surface area contributed by atoms with Crippen LogP contribution in [0, 0.1) is 6.92 Å². The SMILES string of the molecule is Cc1ccc(Sc2ncnc3nc[nH]c23)c(N)c1. The van der Waals surface area contributed by atoms with Crippen LogP contribution in [0.2, 0.25) is 0 Å². The third-order valence-corrected chi connectivity index (χ3v) is 3.65. The van der Waals surface area contributed by atoms with E-state index in [1.807, 2.05) is 25.1 Å². The lowest BCUT2D eigenvalue weighted by atomic mass is 10.2. The van der Waals surface area contributed by atoms with Crippen molar-refractivity contribution in [2.24, 2.45) is 0 Å². The van der Waals surface area contributed by atoms with Crippen LogP contribution in [0.25, 0.3) is 11.2 Å². The van der Waals surface area contributed by atoms with Crippen molar-refractivity contribution in [3.8, 4) is 0 Å². The molecule has 0 unspecified atom stereocenters. The van der Waals surface area contributed by atoms with Gasteiger partial charge in [0.25, 0.3) is 0 Å². The molecule has 0 saturated carbocycles. The molecule has 0 aliphatic rings. The first-order valence-electron chi connectivity index (χ1n) is 5.42. The number of aromatic nitrogens is 4. The third kappa shape index (κ3) is 1.91. The summed E-state index contributed by atoms with van der Waals surface area (Å²) in [6.45, 7) is 2.02. The van der Waals surface area contributed by atoms with Crippen molar-refractivity contribution < 1.29 is 0 Å². The number of benzene rings is 1. The maximum Gasteiger partial charge on any atom is 0.181 e. The van der Waals surface area contributed by atoms with Gasteiger partial charge in [0.1, 0.15) is 16.9 Å². The minimum Gasteiger partial charge on any atom is -0.398 e. The summed E-state index contributed by atoms with van der Waals surface area (Å²) in [6.07, 6.45) is 3.12. The predicted octanol–water partition coefficient (Wildman–Crippen LogP) is 2.39. The van der Waals surface area contributed by atoms with Gasteiger partial charge in [-0.2, -0.15) is 0 Å². The molecule has 0 spiro atoms. The smallest absolute Gasteiger partial charge is 0.181 e. The molecule has 1 aromatic carbocycles. The molecule has 90 valence electrons. The first-order chi connectivity index (χ1) is 8.74. The van der Waals surface area contributed by atoms with Gasteiger partial charge < -0.3 is 10.7 Å².